The van der Waals surface area contributed by atoms with Crippen LogP contribution >= 0.6 is 11.3 Å². The van der Waals surface area contributed by atoms with Gasteiger partial charge in [0.2, 0.25) is 0 Å². The Labute approximate surface area is 125 Å². The zero-order valence-corrected chi connectivity index (χ0v) is 12.2. The minimum absolute atomic E-state index is 0.151. The lowest BCUT2D eigenvalue weighted by Crippen LogP contribution is -2.26. The normalized spacial score (nSPS) is 12.3. The SMILES string of the molecule is CC(NC(=O)c1ccc2ncsc2c1)c1ccc(F)cc1. The van der Waals surface area contributed by atoms with Gasteiger partial charge in [0.1, 0.15) is 5.82 Å². The van der Waals surface area contributed by atoms with E-state index in [2.05, 4.69) is 10.3 Å². The van der Waals surface area contributed by atoms with Gasteiger partial charge in [-0.05, 0) is 42.8 Å². The monoisotopic (exact) mass is 300 g/mol. The van der Waals surface area contributed by atoms with Crippen LogP contribution in [0.2, 0.25) is 0 Å². The number of fused-ring (bicyclic) bond motifs is 1. The Bertz CT molecular complexity index is 782. The molecular weight excluding hydrogens is 287 g/mol. The number of rotatable bonds is 3. The van der Waals surface area contributed by atoms with Gasteiger partial charge in [0.25, 0.3) is 5.91 Å². The maximum absolute atomic E-state index is 12.9. The van der Waals surface area contributed by atoms with Crippen molar-refractivity contribution in [2.45, 2.75) is 13.0 Å². The third-order valence-electron chi connectivity index (χ3n) is 3.31. The van der Waals surface area contributed by atoms with Gasteiger partial charge in [-0.15, -0.1) is 11.3 Å². The molecule has 0 radical (unpaired) electrons. The number of aromatic nitrogens is 1. The molecule has 0 aliphatic carbocycles. The molecule has 0 aliphatic heterocycles. The molecule has 1 atom stereocenters. The van der Waals surface area contributed by atoms with Crippen LogP contribution in [0.1, 0.15) is 28.9 Å². The number of thiazole rings is 1. The van der Waals surface area contributed by atoms with Gasteiger partial charge in [0, 0.05) is 5.56 Å². The molecule has 1 heterocycles. The molecule has 0 aliphatic rings. The van der Waals surface area contributed by atoms with Crippen molar-refractivity contribution in [2.75, 3.05) is 0 Å². The van der Waals surface area contributed by atoms with E-state index in [1.165, 1.54) is 23.5 Å². The predicted octanol–water partition coefficient (Wildman–Crippen LogP) is 3.93. The van der Waals surface area contributed by atoms with Crippen LogP contribution in [-0.4, -0.2) is 10.9 Å². The molecule has 1 unspecified atom stereocenters. The molecule has 2 aromatic carbocycles. The van der Waals surface area contributed by atoms with Crippen molar-refractivity contribution in [1.29, 1.82) is 0 Å². The highest BCUT2D eigenvalue weighted by molar-refractivity contribution is 7.16. The predicted molar refractivity (Wildman–Crippen MR) is 81.9 cm³/mol. The zero-order valence-electron chi connectivity index (χ0n) is 11.3. The second-order valence-electron chi connectivity index (χ2n) is 4.78. The van der Waals surface area contributed by atoms with Crippen molar-refractivity contribution in [3.8, 4) is 0 Å². The van der Waals surface area contributed by atoms with E-state index in [1.807, 2.05) is 19.1 Å². The molecule has 3 nitrogen and oxygen atoms in total. The summed E-state index contributed by atoms with van der Waals surface area (Å²) in [5.41, 5.74) is 4.11. The summed E-state index contributed by atoms with van der Waals surface area (Å²) in [5, 5.41) is 2.91. The summed E-state index contributed by atoms with van der Waals surface area (Å²) in [6.07, 6.45) is 0. The van der Waals surface area contributed by atoms with Crippen LogP contribution in [0.3, 0.4) is 0 Å². The van der Waals surface area contributed by atoms with Crippen LogP contribution in [0.5, 0.6) is 0 Å². The number of carbonyl (C=O) groups is 1. The first-order valence-corrected chi connectivity index (χ1v) is 7.41. The average Bonchev–Trinajstić information content (AvgIpc) is 2.95. The van der Waals surface area contributed by atoms with Crippen LogP contribution < -0.4 is 5.32 Å². The molecule has 1 N–H and O–H groups in total. The summed E-state index contributed by atoms with van der Waals surface area (Å²) in [6.45, 7) is 1.87. The standard InChI is InChI=1S/C16H13FN2OS/c1-10(11-2-5-13(17)6-3-11)19-16(20)12-4-7-14-15(8-12)21-9-18-14/h2-10H,1H3,(H,19,20). The molecule has 0 saturated heterocycles. The quantitative estimate of drug-likeness (QED) is 0.796. The molecule has 0 spiro atoms. The molecular formula is C16H13FN2OS. The molecule has 3 rings (SSSR count). The highest BCUT2D eigenvalue weighted by Gasteiger charge is 2.12. The Morgan fingerprint density at radius 3 is 2.76 bits per heavy atom. The van der Waals surface area contributed by atoms with Gasteiger partial charge < -0.3 is 5.32 Å². The van der Waals surface area contributed by atoms with Gasteiger partial charge in [-0.25, -0.2) is 9.37 Å². The molecule has 106 valence electrons. The topological polar surface area (TPSA) is 42.0 Å². The fourth-order valence-corrected chi connectivity index (χ4v) is 2.83. The Morgan fingerprint density at radius 2 is 2.00 bits per heavy atom. The van der Waals surface area contributed by atoms with Crippen molar-refractivity contribution >= 4 is 27.5 Å². The van der Waals surface area contributed by atoms with Crippen molar-refractivity contribution in [3.63, 3.8) is 0 Å². The Kier molecular flexibility index (Phi) is 3.66. The summed E-state index contributed by atoms with van der Waals surface area (Å²) < 4.78 is 13.9. The molecule has 1 amide bonds. The van der Waals surface area contributed by atoms with E-state index in [0.29, 0.717) is 5.56 Å². The van der Waals surface area contributed by atoms with Crippen molar-refractivity contribution in [3.05, 3.63) is 64.9 Å². The minimum atomic E-state index is -0.284. The van der Waals surface area contributed by atoms with Gasteiger partial charge in [0.15, 0.2) is 0 Å². The van der Waals surface area contributed by atoms with Crippen LogP contribution in [0.4, 0.5) is 4.39 Å². The maximum Gasteiger partial charge on any atom is 0.251 e. The Hall–Kier alpha value is -2.27. The molecule has 21 heavy (non-hydrogen) atoms. The third-order valence-corrected chi connectivity index (χ3v) is 4.10. The van der Waals surface area contributed by atoms with E-state index in [9.17, 15) is 9.18 Å². The van der Waals surface area contributed by atoms with Crippen LogP contribution in [0.15, 0.2) is 48.0 Å². The second-order valence-corrected chi connectivity index (χ2v) is 5.67. The van der Waals surface area contributed by atoms with Crippen molar-refractivity contribution in [2.24, 2.45) is 0 Å². The largest absolute Gasteiger partial charge is 0.346 e. The van der Waals surface area contributed by atoms with E-state index in [1.54, 1.807) is 23.7 Å². The fraction of sp³-hybridized carbons (Fsp3) is 0.125. The van der Waals surface area contributed by atoms with Crippen molar-refractivity contribution < 1.29 is 9.18 Å². The number of carbonyl (C=O) groups excluding carboxylic acids is 1. The summed E-state index contributed by atoms with van der Waals surface area (Å²) in [6, 6.07) is 11.4. The number of nitrogens with zero attached hydrogens (tertiary/aromatic N) is 1. The lowest BCUT2D eigenvalue weighted by Gasteiger charge is -2.14. The van der Waals surface area contributed by atoms with E-state index < -0.39 is 0 Å². The third kappa shape index (κ3) is 2.92. The van der Waals surface area contributed by atoms with Crippen LogP contribution in [0.25, 0.3) is 10.2 Å². The number of nitrogens with one attached hydrogen (secondary N) is 1. The first-order valence-electron chi connectivity index (χ1n) is 6.53. The van der Waals surface area contributed by atoms with E-state index in [0.717, 1.165) is 15.8 Å². The molecule has 1 aromatic heterocycles. The number of benzene rings is 2. The van der Waals surface area contributed by atoms with Crippen molar-refractivity contribution in [1.82, 2.24) is 10.3 Å². The highest BCUT2D eigenvalue weighted by Crippen LogP contribution is 2.20. The summed E-state index contributed by atoms with van der Waals surface area (Å²) >= 11 is 1.50. The van der Waals surface area contributed by atoms with E-state index >= 15 is 0 Å². The second kappa shape index (κ2) is 5.61. The molecule has 3 aromatic rings. The molecule has 5 heteroatoms. The van der Waals surface area contributed by atoms with Crippen LogP contribution in [-0.2, 0) is 0 Å². The molecule has 0 bridgehead atoms. The smallest absolute Gasteiger partial charge is 0.251 e. The van der Waals surface area contributed by atoms with E-state index in [-0.39, 0.29) is 17.8 Å². The van der Waals surface area contributed by atoms with E-state index in [4.69, 9.17) is 0 Å². The Morgan fingerprint density at radius 1 is 1.24 bits per heavy atom. The fourth-order valence-electron chi connectivity index (χ4n) is 2.11. The Balaban J connectivity index is 1.77. The average molecular weight is 300 g/mol. The number of hydrogen-bond donors (Lipinski definition) is 1. The molecule has 0 fully saturated rings. The summed E-state index contributed by atoms with van der Waals surface area (Å²) in [7, 11) is 0. The summed E-state index contributed by atoms with van der Waals surface area (Å²) in [5.74, 6) is -0.435. The lowest BCUT2D eigenvalue weighted by atomic mass is 10.1. The maximum atomic E-state index is 12.9. The first kappa shape index (κ1) is 13.7. The minimum Gasteiger partial charge on any atom is -0.346 e. The number of halogens is 1. The van der Waals surface area contributed by atoms with Gasteiger partial charge >= 0.3 is 0 Å². The lowest BCUT2D eigenvalue weighted by molar-refractivity contribution is 0.0940. The molecule has 0 saturated carbocycles. The summed E-state index contributed by atoms with van der Waals surface area (Å²) in [4.78, 5) is 16.4. The van der Waals surface area contributed by atoms with Gasteiger partial charge in [-0.1, -0.05) is 12.1 Å². The van der Waals surface area contributed by atoms with Gasteiger partial charge in [-0.3, -0.25) is 4.79 Å². The zero-order chi connectivity index (χ0) is 14.8. The first-order chi connectivity index (χ1) is 10.1. The van der Waals surface area contributed by atoms with Gasteiger partial charge in [0.05, 0.1) is 21.8 Å². The van der Waals surface area contributed by atoms with Gasteiger partial charge in [-0.2, -0.15) is 0 Å². The van der Waals surface area contributed by atoms with Crippen LogP contribution in [0, 0.1) is 5.82 Å². The number of hydrogen-bond acceptors (Lipinski definition) is 3. The number of amides is 1. The highest BCUT2D eigenvalue weighted by atomic mass is 32.1.